The van der Waals surface area contributed by atoms with Crippen LogP contribution in [-0.4, -0.2) is 43.9 Å². The Balaban J connectivity index is 1.64. The van der Waals surface area contributed by atoms with Gasteiger partial charge in [-0.25, -0.2) is 0 Å². The zero-order valence-electron chi connectivity index (χ0n) is 10.7. The fourth-order valence-corrected chi connectivity index (χ4v) is 2.05. The first kappa shape index (κ1) is 13.5. The standard InChI is InChI=1S/C12H10F3N5O/c13-12(14,15)10-2-1-8(5-16-10)11(21)19-6-9(7-19)20-17-3-4-18-20/h1-5,9H,6-7H2. The van der Waals surface area contributed by atoms with Gasteiger partial charge in [0.15, 0.2) is 0 Å². The average molecular weight is 297 g/mol. The summed E-state index contributed by atoms with van der Waals surface area (Å²) < 4.78 is 37.2. The van der Waals surface area contributed by atoms with Crippen LogP contribution in [-0.2, 0) is 6.18 Å². The van der Waals surface area contributed by atoms with Gasteiger partial charge < -0.3 is 4.90 Å². The van der Waals surface area contributed by atoms with Crippen LogP contribution >= 0.6 is 0 Å². The molecule has 0 spiro atoms. The van der Waals surface area contributed by atoms with Crippen molar-refractivity contribution in [3.05, 3.63) is 42.0 Å². The van der Waals surface area contributed by atoms with Gasteiger partial charge in [0.25, 0.3) is 5.91 Å². The highest BCUT2D eigenvalue weighted by Gasteiger charge is 2.35. The lowest BCUT2D eigenvalue weighted by Crippen LogP contribution is -2.51. The smallest absolute Gasteiger partial charge is 0.334 e. The summed E-state index contributed by atoms with van der Waals surface area (Å²) in [5, 5.41) is 7.95. The van der Waals surface area contributed by atoms with Gasteiger partial charge in [-0.15, -0.1) is 0 Å². The van der Waals surface area contributed by atoms with Gasteiger partial charge in [0.2, 0.25) is 0 Å². The molecule has 0 aromatic carbocycles. The number of nitrogens with zero attached hydrogens (tertiary/aromatic N) is 5. The second-order valence-corrected chi connectivity index (χ2v) is 4.64. The summed E-state index contributed by atoms with van der Waals surface area (Å²) in [5.74, 6) is -0.348. The number of aromatic nitrogens is 4. The van der Waals surface area contributed by atoms with Crippen molar-refractivity contribution in [3.63, 3.8) is 0 Å². The van der Waals surface area contributed by atoms with Crippen molar-refractivity contribution in [2.24, 2.45) is 0 Å². The van der Waals surface area contributed by atoms with Crippen molar-refractivity contribution >= 4 is 5.91 Å². The average Bonchev–Trinajstić information content (AvgIpc) is 2.90. The lowest BCUT2D eigenvalue weighted by atomic mass is 10.1. The van der Waals surface area contributed by atoms with Gasteiger partial charge in [-0.1, -0.05) is 0 Å². The highest BCUT2D eigenvalue weighted by atomic mass is 19.4. The van der Waals surface area contributed by atoms with Crippen LogP contribution < -0.4 is 0 Å². The minimum Gasteiger partial charge on any atom is -0.334 e. The maximum Gasteiger partial charge on any atom is 0.433 e. The lowest BCUT2D eigenvalue weighted by Gasteiger charge is -2.38. The zero-order valence-corrected chi connectivity index (χ0v) is 10.7. The van der Waals surface area contributed by atoms with Crippen LogP contribution in [0.1, 0.15) is 22.1 Å². The monoisotopic (exact) mass is 297 g/mol. The molecule has 3 heterocycles. The lowest BCUT2D eigenvalue weighted by molar-refractivity contribution is -0.141. The molecule has 1 saturated heterocycles. The van der Waals surface area contributed by atoms with Crippen LogP contribution in [0.5, 0.6) is 0 Å². The van der Waals surface area contributed by atoms with Crippen molar-refractivity contribution in [2.45, 2.75) is 12.2 Å². The molecule has 0 saturated carbocycles. The molecule has 0 unspecified atom stereocenters. The molecule has 1 fully saturated rings. The Hall–Kier alpha value is -2.45. The first-order chi connectivity index (χ1) is 9.95. The van der Waals surface area contributed by atoms with E-state index in [9.17, 15) is 18.0 Å². The summed E-state index contributed by atoms with van der Waals surface area (Å²) in [6, 6.07) is 1.95. The SMILES string of the molecule is O=C(c1ccc(C(F)(F)F)nc1)N1CC(n2nccn2)C1. The van der Waals surface area contributed by atoms with Crippen LogP contribution in [0.2, 0.25) is 0 Å². The Morgan fingerprint density at radius 3 is 2.38 bits per heavy atom. The molecule has 9 heteroatoms. The first-order valence-corrected chi connectivity index (χ1v) is 6.13. The number of hydrogen-bond donors (Lipinski definition) is 0. The number of carbonyl (C=O) groups excluding carboxylic acids is 1. The van der Waals surface area contributed by atoms with Gasteiger partial charge in [-0.05, 0) is 12.1 Å². The summed E-state index contributed by atoms with van der Waals surface area (Å²) in [4.78, 5) is 18.4. The predicted molar refractivity (Wildman–Crippen MR) is 64.2 cm³/mol. The zero-order chi connectivity index (χ0) is 15.0. The fourth-order valence-electron chi connectivity index (χ4n) is 2.05. The minimum absolute atomic E-state index is 0.00589. The molecule has 21 heavy (non-hydrogen) atoms. The summed E-state index contributed by atoms with van der Waals surface area (Å²) in [7, 11) is 0. The van der Waals surface area contributed by atoms with E-state index in [0.29, 0.717) is 13.1 Å². The number of carbonyl (C=O) groups is 1. The van der Waals surface area contributed by atoms with Gasteiger partial charge in [0.1, 0.15) is 11.7 Å². The highest BCUT2D eigenvalue weighted by molar-refractivity contribution is 5.94. The van der Waals surface area contributed by atoms with Gasteiger partial charge in [0.05, 0.1) is 18.0 Å². The summed E-state index contributed by atoms with van der Waals surface area (Å²) in [5.41, 5.74) is -0.879. The molecule has 0 radical (unpaired) electrons. The highest BCUT2D eigenvalue weighted by Crippen LogP contribution is 2.28. The van der Waals surface area contributed by atoms with E-state index in [1.165, 1.54) is 9.70 Å². The third kappa shape index (κ3) is 2.58. The maximum absolute atomic E-state index is 12.4. The van der Waals surface area contributed by atoms with E-state index >= 15 is 0 Å². The molecule has 2 aromatic heterocycles. The van der Waals surface area contributed by atoms with E-state index in [1.54, 1.807) is 12.4 Å². The molecule has 0 aliphatic carbocycles. The van der Waals surface area contributed by atoms with E-state index in [0.717, 1.165) is 18.3 Å². The minimum atomic E-state index is -4.50. The number of amides is 1. The molecule has 0 atom stereocenters. The van der Waals surface area contributed by atoms with E-state index in [2.05, 4.69) is 15.2 Å². The van der Waals surface area contributed by atoms with Gasteiger partial charge in [-0.2, -0.15) is 28.2 Å². The first-order valence-electron chi connectivity index (χ1n) is 6.13. The molecule has 0 bridgehead atoms. The quantitative estimate of drug-likeness (QED) is 0.840. The maximum atomic E-state index is 12.4. The summed E-state index contributed by atoms with van der Waals surface area (Å²) >= 11 is 0. The van der Waals surface area contributed by atoms with Crippen molar-refractivity contribution < 1.29 is 18.0 Å². The van der Waals surface area contributed by atoms with Crippen LogP contribution in [0.4, 0.5) is 13.2 Å². The van der Waals surface area contributed by atoms with Crippen LogP contribution in [0, 0.1) is 0 Å². The van der Waals surface area contributed by atoms with E-state index in [1.807, 2.05) is 0 Å². The van der Waals surface area contributed by atoms with Crippen LogP contribution in [0.3, 0.4) is 0 Å². The Labute approximate surface area is 117 Å². The van der Waals surface area contributed by atoms with Crippen LogP contribution in [0.15, 0.2) is 30.7 Å². The molecular weight excluding hydrogens is 287 g/mol. The molecule has 1 aliphatic rings. The Morgan fingerprint density at radius 2 is 1.86 bits per heavy atom. The normalized spacial score (nSPS) is 15.9. The third-order valence-corrected chi connectivity index (χ3v) is 3.21. The van der Waals surface area contributed by atoms with Crippen molar-refractivity contribution in [1.82, 2.24) is 24.9 Å². The summed E-state index contributed by atoms with van der Waals surface area (Å²) in [6.45, 7) is 0.850. The number of hydrogen-bond acceptors (Lipinski definition) is 4. The molecular formula is C12H10F3N5O. The molecule has 3 rings (SSSR count). The molecule has 0 N–H and O–H groups in total. The second kappa shape index (κ2) is 4.83. The number of alkyl halides is 3. The van der Waals surface area contributed by atoms with Crippen molar-refractivity contribution in [1.29, 1.82) is 0 Å². The fraction of sp³-hybridized carbons (Fsp3) is 0.333. The van der Waals surface area contributed by atoms with Gasteiger partial charge >= 0.3 is 6.18 Å². The third-order valence-electron chi connectivity index (χ3n) is 3.21. The number of rotatable bonds is 2. The Bertz CT molecular complexity index is 632. The molecule has 1 aliphatic heterocycles. The van der Waals surface area contributed by atoms with E-state index in [4.69, 9.17) is 0 Å². The number of halogens is 3. The molecule has 110 valence electrons. The number of likely N-dealkylation sites (tertiary alicyclic amines) is 1. The van der Waals surface area contributed by atoms with E-state index in [-0.39, 0.29) is 17.5 Å². The van der Waals surface area contributed by atoms with E-state index < -0.39 is 11.9 Å². The van der Waals surface area contributed by atoms with Gasteiger partial charge in [-0.3, -0.25) is 9.78 Å². The Morgan fingerprint density at radius 1 is 1.19 bits per heavy atom. The Kier molecular flexibility index (Phi) is 3.11. The van der Waals surface area contributed by atoms with Crippen molar-refractivity contribution in [2.75, 3.05) is 13.1 Å². The summed E-state index contributed by atoms with van der Waals surface area (Å²) in [6.07, 6.45) is -0.464. The van der Waals surface area contributed by atoms with Crippen LogP contribution in [0.25, 0.3) is 0 Å². The molecule has 6 nitrogen and oxygen atoms in total. The molecule has 1 amide bonds. The number of pyridine rings is 1. The largest absolute Gasteiger partial charge is 0.433 e. The van der Waals surface area contributed by atoms with Crippen molar-refractivity contribution in [3.8, 4) is 0 Å². The molecule has 2 aromatic rings. The second-order valence-electron chi connectivity index (χ2n) is 4.64. The predicted octanol–water partition coefficient (Wildman–Crippen LogP) is 1.39. The van der Waals surface area contributed by atoms with Gasteiger partial charge in [0, 0.05) is 19.3 Å². The topological polar surface area (TPSA) is 63.9 Å².